The van der Waals surface area contributed by atoms with Gasteiger partial charge >= 0.3 is 5.97 Å². The number of anilines is 1. The molecule has 10 nitrogen and oxygen atoms in total. The maximum atomic E-state index is 12.7. The van der Waals surface area contributed by atoms with Crippen molar-refractivity contribution in [2.24, 2.45) is 0 Å². The van der Waals surface area contributed by atoms with E-state index in [1.165, 1.54) is 25.1 Å². The molecule has 0 bridgehead atoms. The molecule has 2 aromatic rings. The van der Waals surface area contributed by atoms with Gasteiger partial charge in [-0.1, -0.05) is 6.92 Å². The van der Waals surface area contributed by atoms with Gasteiger partial charge in [-0.3, -0.25) is 19.7 Å². The summed E-state index contributed by atoms with van der Waals surface area (Å²) in [5.74, 6) is -1.30. The Kier molecular flexibility index (Phi) is 7.04. The Morgan fingerprint density at radius 1 is 1.12 bits per heavy atom. The number of Topliss-reactive ketones (excluding diaryl/α,β-unsaturated/α-hetero) is 1. The second-order valence-electron chi connectivity index (χ2n) is 7.06. The number of amides is 1. The van der Waals surface area contributed by atoms with Crippen molar-refractivity contribution >= 4 is 29.0 Å². The summed E-state index contributed by atoms with van der Waals surface area (Å²) in [4.78, 5) is 47.6. The fourth-order valence-electron chi connectivity index (χ4n) is 3.07. The summed E-state index contributed by atoms with van der Waals surface area (Å²) in [6, 6.07) is 8.42. The average molecular weight is 442 g/mol. The number of nitro benzene ring substituents is 1. The molecular formula is C22H22N2O8. The van der Waals surface area contributed by atoms with Gasteiger partial charge in [0, 0.05) is 23.7 Å². The van der Waals surface area contributed by atoms with Crippen molar-refractivity contribution in [3.05, 3.63) is 57.6 Å². The van der Waals surface area contributed by atoms with Crippen LogP contribution >= 0.6 is 0 Å². The molecule has 0 saturated carbocycles. The minimum Gasteiger partial charge on any atom is -0.486 e. The Morgan fingerprint density at radius 2 is 1.75 bits per heavy atom. The first-order valence-electron chi connectivity index (χ1n) is 10.0. The van der Waals surface area contributed by atoms with Crippen LogP contribution in [0.5, 0.6) is 11.5 Å². The number of nitro groups is 1. The van der Waals surface area contributed by atoms with Gasteiger partial charge in [0.1, 0.15) is 18.8 Å². The van der Waals surface area contributed by atoms with Crippen LogP contribution in [0.2, 0.25) is 0 Å². The van der Waals surface area contributed by atoms with Gasteiger partial charge < -0.3 is 19.5 Å². The molecule has 0 radical (unpaired) electrons. The SMILES string of the molecule is CCCC(=O)Nc1ccc(C(=O)[C@H](C)OC(=O)c2cc3c(cc2[N+](=O)[O-])OCCO3)cc1. The molecule has 1 aliphatic heterocycles. The van der Waals surface area contributed by atoms with Crippen LogP contribution in [0.15, 0.2) is 36.4 Å². The van der Waals surface area contributed by atoms with E-state index in [0.29, 0.717) is 18.5 Å². The van der Waals surface area contributed by atoms with E-state index >= 15 is 0 Å². The first kappa shape index (κ1) is 22.7. The molecule has 3 rings (SSSR count). The number of hydrogen-bond donors (Lipinski definition) is 1. The quantitative estimate of drug-likeness (QED) is 0.284. The first-order chi connectivity index (χ1) is 15.3. The number of ether oxygens (including phenoxy) is 3. The average Bonchev–Trinajstić information content (AvgIpc) is 2.78. The maximum absolute atomic E-state index is 12.7. The van der Waals surface area contributed by atoms with Gasteiger partial charge in [0.15, 0.2) is 17.6 Å². The van der Waals surface area contributed by atoms with E-state index in [1.54, 1.807) is 12.1 Å². The van der Waals surface area contributed by atoms with Crippen molar-refractivity contribution in [3.8, 4) is 11.5 Å². The van der Waals surface area contributed by atoms with Crippen LogP contribution in [0.4, 0.5) is 11.4 Å². The smallest absolute Gasteiger partial charge is 0.346 e. The Labute approximate surface area is 183 Å². The molecule has 0 spiro atoms. The van der Waals surface area contributed by atoms with Gasteiger partial charge in [-0.05, 0) is 37.6 Å². The lowest BCUT2D eigenvalue weighted by molar-refractivity contribution is -0.385. The van der Waals surface area contributed by atoms with Crippen molar-refractivity contribution in [3.63, 3.8) is 0 Å². The summed E-state index contributed by atoms with van der Waals surface area (Å²) < 4.78 is 15.9. The van der Waals surface area contributed by atoms with E-state index in [4.69, 9.17) is 14.2 Å². The molecule has 2 aromatic carbocycles. The van der Waals surface area contributed by atoms with Crippen molar-refractivity contribution in [2.75, 3.05) is 18.5 Å². The van der Waals surface area contributed by atoms with Crippen molar-refractivity contribution in [1.29, 1.82) is 0 Å². The number of ketones is 1. The zero-order valence-electron chi connectivity index (χ0n) is 17.6. The molecule has 168 valence electrons. The molecule has 0 aliphatic carbocycles. The van der Waals surface area contributed by atoms with Crippen molar-refractivity contribution in [1.82, 2.24) is 0 Å². The molecule has 1 heterocycles. The Bertz CT molecular complexity index is 1050. The van der Waals surface area contributed by atoms with E-state index in [1.807, 2.05) is 6.92 Å². The fourth-order valence-corrected chi connectivity index (χ4v) is 3.07. The third-order valence-corrected chi connectivity index (χ3v) is 4.66. The normalized spacial score (nSPS) is 13.1. The van der Waals surface area contributed by atoms with Gasteiger partial charge in [0.2, 0.25) is 11.7 Å². The van der Waals surface area contributed by atoms with E-state index in [0.717, 1.165) is 6.07 Å². The number of benzene rings is 2. The molecule has 1 N–H and O–H groups in total. The monoisotopic (exact) mass is 442 g/mol. The highest BCUT2D eigenvalue weighted by Gasteiger charge is 2.29. The molecule has 10 heteroatoms. The molecule has 0 aromatic heterocycles. The number of fused-ring (bicyclic) bond motifs is 1. The molecule has 32 heavy (non-hydrogen) atoms. The van der Waals surface area contributed by atoms with Gasteiger partial charge in [-0.15, -0.1) is 0 Å². The third kappa shape index (κ3) is 5.20. The van der Waals surface area contributed by atoms with Gasteiger partial charge in [-0.2, -0.15) is 0 Å². The first-order valence-corrected chi connectivity index (χ1v) is 10.0. The molecular weight excluding hydrogens is 420 g/mol. The van der Waals surface area contributed by atoms with Crippen LogP contribution < -0.4 is 14.8 Å². The lowest BCUT2D eigenvalue weighted by Crippen LogP contribution is -2.25. The molecule has 0 saturated heterocycles. The predicted octanol–water partition coefficient (Wildman–Crippen LogP) is 3.53. The van der Waals surface area contributed by atoms with Crippen molar-refractivity contribution in [2.45, 2.75) is 32.8 Å². The number of carbonyl (C=O) groups is 3. The Hall–Kier alpha value is -3.95. The highest BCUT2D eigenvalue weighted by atomic mass is 16.6. The molecule has 1 amide bonds. The third-order valence-electron chi connectivity index (χ3n) is 4.66. The van der Waals surface area contributed by atoms with E-state index in [-0.39, 0.29) is 41.7 Å². The topological polar surface area (TPSA) is 134 Å². The summed E-state index contributed by atoms with van der Waals surface area (Å²) in [6.07, 6.45) is -0.0946. The maximum Gasteiger partial charge on any atom is 0.346 e. The second kappa shape index (κ2) is 9.90. The van der Waals surface area contributed by atoms with Crippen LogP contribution in [-0.4, -0.2) is 41.9 Å². The van der Waals surface area contributed by atoms with Gasteiger partial charge in [-0.25, -0.2) is 4.79 Å². The van der Waals surface area contributed by atoms with Gasteiger partial charge in [0.05, 0.1) is 11.0 Å². The Balaban J connectivity index is 1.72. The molecule has 1 aliphatic rings. The van der Waals surface area contributed by atoms with Gasteiger partial charge in [0.25, 0.3) is 5.69 Å². The summed E-state index contributed by atoms with van der Waals surface area (Å²) in [6.45, 7) is 3.74. The minimum atomic E-state index is -1.20. The zero-order valence-corrected chi connectivity index (χ0v) is 17.6. The lowest BCUT2D eigenvalue weighted by atomic mass is 10.1. The number of rotatable bonds is 8. The number of esters is 1. The standard InChI is InChI=1S/C22H22N2O8/c1-3-4-20(25)23-15-7-5-14(6-8-15)21(26)13(2)32-22(27)16-11-18-19(31-10-9-30-18)12-17(16)24(28)29/h5-8,11-13H,3-4,9-10H2,1-2H3,(H,23,25)/t13-/m0/s1. The van der Waals surface area contributed by atoms with E-state index in [2.05, 4.69) is 5.32 Å². The highest BCUT2D eigenvalue weighted by Crippen LogP contribution is 2.37. The van der Waals surface area contributed by atoms with Crippen LogP contribution in [0, 0.1) is 10.1 Å². The van der Waals surface area contributed by atoms with Crippen LogP contribution in [0.3, 0.4) is 0 Å². The molecule has 1 atom stereocenters. The number of carbonyl (C=O) groups excluding carboxylic acids is 3. The zero-order chi connectivity index (χ0) is 23.3. The molecule has 0 fully saturated rings. The van der Waals surface area contributed by atoms with Crippen molar-refractivity contribution < 1.29 is 33.5 Å². The van der Waals surface area contributed by atoms with E-state index in [9.17, 15) is 24.5 Å². The largest absolute Gasteiger partial charge is 0.486 e. The van der Waals surface area contributed by atoms with Crippen LogP contribution in [0.1, 0.15) is 47.4 Å². The lowest BCUT2D eigenvalue weighted by Gasteiger charge is -2.19. The summed E-state index contributed by atoms with van der Waals surface area (Å²) in [5.41, 5.74) is -0.0500. The summed E-state index contributed by atoms with van der Waals surface area (Å²) in [7, 11) is 0. The van der Waals surface area contributed by atoms with Crippen LogP contribution in [-0.2, 0) is 9.53 Å². The highest BCUT2D eigenvalue weighted by molar-refractivity contribution is 6.03. The van der Waals surface area contributed by atoms with E-state index < -0.39 is 28.5 Å². The summed E-state index contributed by atoms with van der Waals surface area (Å²) in [5, 5.41) is 14.1. The van der Waals surface area contributed by atoms with Crippen LogP contribution in [0.25, 0.3) is 0 Å². The molecule has 0 unspecified atom stereocenters. The number of nitrogens with zero attached hydrogens (tertiary/aromatic N) is 1. The minimum absolute atomic E-state index is 0.130. The number of nitrogens with one attached hydrogen (secondary N) is 1. The fraction of sp³-hybridized carbons (Fsp3) is 0.318. The predicted molar refractivity (Wildman–Crippen MR) is 113 cm³/mol. The summed E-state index contributed by atoms with van der Waals surface area (Å²) >= 11 is 0. The number of hydrogen-bond acceptors (Lipinski definition) is 8. The Morgan fingerprint density at radius 3 is 2.34 bits per heavy atom. The second-order valence-corrected chi connectivity index (χ2v) is 7.06.